The summed E-state index contributed by atoms with van der Waals surface area (Å²) in [6, 6.07) is 2.84. The van der Waals surface area contributed by atoms with Crippen LogP contribution in [0.3, 0.4) is 0 Å². The molecule has 1 amide bonds. The fourth-order valence-electron chi connectivity index (χ4n) is 3.97. The smallest absolute Gasteiger partial charge is 0.341 e. The lowest BCUT2D eigenvalue weighted by Crippen LogP contribution is -2.32. The van der Waals surface area contributed by atoms with Crippen LogP contribution in [0, 0.1) is 11.3 Å². The van der Waals surface area contributed by atoms with E-state index in [1.807, 2.05) is 0 Å². The summed E-state index contributed by atoms with van der Waals surface area (Å²) < 4.78 is 10.4. The van der Waals surface area contributed by atoms with Crippen molar-refractivity contribution in [2.45, 2.75) is 59.5 Å². The monoisotopic (exact) mass is 492 g/mol. The Bertz CT molecular complexity index is 1060. The number of esters is 2. The number of amides is 1. The van der Waals surface area contributed by atoms with Crippen molar-refractivity contribution in [2.75, 3.05) is 12.4 Å². The topological polar surface area (TPSA) is 94.6 Å². The second-order valence-corrected chi connectivity index (χ2v) is 10.7. The van der Waals surface area contributed by atoms with Gasteiger partial charge in [0, 0.05) is 11.1 Å². The van der Waals surface area contributed by atoms with E-state index in [9.17, 15) is 14.4 Å². The van der Waals surface area contributed by atoms with Crippen LogP contribution in [0.5, 0.6) is 0 Å². The Hall–Kier alpha value is -2.45. The maximum atomic E-state index is 13.0. The Morgan fingerprint density at radius 3 is 2.64 bits per heavy atom. The highest BCUT2D eigenvalue weighted by atomic mass is 35.5. The molecule has 1 aliphatic rings. The Balaban J connectivity index is 1.82. The molecule has 0 bridgehead atoms. The number of methoxy groups -OCH3 is 1. The van der Waals surface area contributed by atoms with Crippen LogP contribution in [0.15, 0.2) is 18.3 Å². The number of nitrogens with zero attached hydrogens (tertiary/aromatic N) is 1. The van der Waals surface area contributed by atoms with Crippen LogP contribution >= 0.6 is 22.9 Å². The van der Waals surface area contributed by atoms with Gasteiger partial charge in [-0.05, 0) is 54.7 Å². The van der Waals surface area contributed by atoms with Gasteiger partial charge in [-0.1, -0.05) is 39.3 Å². The minimum Gasteiger partial charge on any atom is -0.465 e. The van der Waals surface area contributed by atoms with Gasteiger partial charge >= 0.3 is 11.9 Å². The zero-order valence-corrected chi connectivity index (χ0v) is 21.1. The van der Waals surface area contributed by atoms with E-state index in [-0.39, 0.29) is 22.6 Å². The molecule has 3 rings (SSSR count). The molecule has 0 aromatic carbocycles. The van der Waals surface area contributed by atoms with Crippen LogP contribution in [0.4, 0.5) is 5.00 Å². The van der Waals surface area contributed by atoms with Crippen LogP contribution in [-0.4, -0.2) is 36.0 Å². The molecule has 1 aliphatic carbocycles. The van der Waals surface area contributed by atoms with Crippen molar-refractivity contribution >= 4 is 45.8 Å². The van der Waals surface area contributed by atoms with Crippen molar-refractivity contribution in [2.24, 2.45) is 11.3 Å². The van der Waals surface area contributed by atoms with E-state index in [0.29, 0.717) is 16.5 Å². The minimum absolute atomic E-state index is 0.147. The van der Waals surface area contributed by atoms with Crippen LogP contribution < -0.4 is 5.32 Å². The molecule has 0 spiro atoms. The summed E-state index contributed by atoms with van der Waals surface area (Å²) in [6.07, 6.45) is 3.19. The molecule has 2 aromatic rings. The van der Waals surface area contributed by atoms with E-state index in [4.69, 9.17) is 21.1 Å². The Morgan fingerprint density at radius 2 is 2.03 bits per heavy atom. The molecule has 2 unspecified atom stereocenters. The van der Waals surface area contributed by atoms with Gasteiger partial charge in [-0.15, -0.1) is 11.3 Å². The van der Waals surface area contributed by atoms with E-state index >= 15 is 0 Å². The maximum absolute atomic E-state index is 13.0. The molecule has 2 aromatic heterocycles. The third kappa shape index (κ3) is 5.73. The van der Waals surface area contributed by atoms with Gasteiger partial charge in [0.25, 0.3) is 5.91 Å². The summed E-state index contributed by atoms with van der Waals surface area (Å²) in [5.41, 5.74) is 1.70. The van der Waals surface area contributed by atoms with E-state index < -0.39 is 23.9 Å². The Labute approximate surface area is 202 Å². The second-order valence-electron chi connectivity index (χ2n) is 9.16. The second kappa shape index (κ2) is 10.2. The van der Waals surface area contributed by atoms with E-state index in [1.165, 1.54) is 36.8 Å². The zero-order chi connectivity index (χ0) is 24.3. The fourth-order valence-corrected chi connectivity index (χ4v) is 5.46. The molecule has 33 heavy (non-hydrogen) atoms. The average molecular weight is 493 g/mol. The SMILES string of the molecule is CCC(OC(=O)c1ccnc(Cl)c1)C(=O)Nc1sc2c(c1C(=O)OC)CCC(C(C)(C)C)C2. The number of aromatic nitrogens is 1. The van der Waals surface area contributed by atoms with Crippen molar-refractivity contribution in [1.29, 1.82) is 0 Å². The normalized spacial score (nSPS) is 16.5. The molecule has 0 aliphatic heterocycles. The van der Waals surface area contributed by atoms with Gasteiger partial charge < -0.3 is 14.8 Å². The van der Waals surface area contributed by atoms with Gasteiger partial charge in [0.1, 0.15) is 10.2 Å². The molecule has 0 saturated carbocycles. The summed E-state index contributed by atoms with van der Waals surface area (Å²) in [7, 11) is 1.33. The lowest BCUT2D eigenvalue weighted by Gasteiger charge is -2.33. The van der Waals surface area contributed by atoms with Crippen LogP contribution in [0.1, 0.15) is 71.7 Å². The molecular formula is C24H29ClN2O5S. The molecule has 1 N–H and O–H groups in total. The summed E-state index contributed by atoms with van der Waals surface area (Å²) >= 11 is 7.24. The van der Waals surface area contributed by atoms with Crippen molar-refractivity contribution in [3.8, 4) is 0 Å². The predicted molar refractivity (Wildman–Crippen MR) is 128 cm³/mol. The molecule has 178 valence electrons. The number of nitrogens with one attached hydrogen (secondary N) is 1. The number of carbonyl (C=O) groups excluding carboxylic acids is 3. The molecule has 0 radical (unpaired) electrons. The number of halogens is 1. The molecule has 0 saturated heterocycles. The van der Waals surface area contributed by atoms with Crippen molar-refractivity contribution in [3.05, 3.63) is 45.1 Å². The first-order valence-electron chi connectivity index (χ1n) is 10.9. The highest BCUT2D eigenvalue weighted by molar-refractivity contribution is 7.17. The molecule has 9 heteroatoms. The number of pyridine rings is 1. The molecule has 2 heterocycles. The summed E-state index contributed by atoms with van der Waals surface area (Å²) in [5, 5.41) is 3.41. The van der Waals surface area contributed by atoms with Crippen molar-refractivity contribution < 1.29 is 23.9 Å². The number of ether oxygens (including phenoxy) is 2. The molecule has 7 nitrogen and oxygen atoms in total. The van der Waals surface area contributed by atoms with Crippen LogP contribution in [0.25, 0.3) is 0 Å². The molecule has 0 fully saturated rings. The van der Waals surface area contributed by atoms with Gasteiger partial charge in [0.05, 0.1) is 18.2 Å². The van der Waals surface area contributed by atoms with Gasteiger partial charge in [0.15, 0.2) is 6.10 Å². The zero-order valence-electron chi connectivity index (χ0n) is 19.5. The van der Waals surface area contributed by atoms with E-state index in [2.05, 4.69) is 31.1 Å². The van der Waals surface area contributed by atoms with Crippen LogP contribution in [0.2, 0.25) is 5.15 Å². The predicted octanol–water partition coefficient (Wildman–Crippen LogP) is 5.31. The lowest BCUT2D eigenvalue weighted by molar-refractivity contribution is -0.124. The third-order valence-electron chi connectivity index (χ3n) is 5.99. The van der Waals surface area contributed by atoms with Gasteiger partial charge in [0.2, 0.25) is 0 Å². The number of anilines is 1. The quantitative estimate of drug-likeness (QED) is 0.434. The van der Waals surface area contributed by atoms with Gasteiger partial charge in [-0.3, -0.25) is 4.79 Å². The fraction of sp³-hybridized carbons (Fsp3) is 0.500. The summed E-state index contributed by atoms with van der Waals surface area (Å²) in [4.78, 5) is 43.0. The number of hydrogen-bond acceptors (Lipinski definition) is 7. The van der Waals surface area contributed by atoms with Gasteiger partial charge in [-0.2, -0.15) is 0 Å². The first-order chi connectivity index (χ1) is 15.5. The first kappa shape index (κ1) is 25.2. The average Bonchev–Trinajstić information content (AvgIpc) is 3.12. The lowest BCUT2D eigenvalue weighted by atomic mass is 9.72. The molecule has 2 atom stereocenters. The number of hydrogen-bond donors (Lipinski definition) is 1. The standard InChI is InChI=1S/C24H29ClN2O5S/c1-6-16(32-22(29)13-9-10-26-18(25)11-13)20(28)27-21-19(23(30)31-5)15-8-7-14(24(2,3)4)12-17(15)33-21/h9-11,14,16H,6-8,12H2,1-5H3,(H,27,28). The summed E-state index contributed by atoms with van der Waals surface area (Å²) in [5.74, 6) is -1.17. The third-order valence-corrected chi connectivity index (χ3v) is 7.37. The first-order valence-corrected chi connectivity index (χ1v) is 12.1. The highest BCUT2D eigenvalue weighted by Gasteiger charge is 2.35. The van der Waals surface area contributed by atoms with E-state index in [1.54, 1.807) is 6.92 Å². The Kier molecular flexibility index (Phi) is 7.80. The largest absolute Gasteiger partial charge is 0.465 e. The van der Waals surface area contributed by atoms with Crippen molar-refractivity contribution in [3.63, 3.8) is 0 Å². The Morgan fingerprint density at radius 1 is 1.30 bits per heavy atom. The number of carbonyl (C=O) groups is 3. The molecular weight excluding hydrogens is 464 g/mol. The maximum Gasteiger partial charge on any atom is 0.341 e. The number of rotatable bonds is 6. The van der Waals surface area contributed by atoms with Crippen molar-refractivity contribution in [1.82, 2.24) is 4.98 Å². The number of thiophene rings is 1. The highest BCUT2D eigenvalue weighted by Crippen LogP contribution is 2.44. The van der Waals surface area contributed by atoms with E-state index in [0.717, 1.165) is 29.7 Å². The minimum atomic E-state index is -1.03. The van der Waals surface area contributed by atoms with Gasteiger partial charge in [-0.25, -0.2) is 14.6 Å². The summed E-state index contributed by atoms with van der Waals surface area (Å²) in [6.45, 7) is 8.40. The number of fused-ring (bicyclic) bond motifs is 1. The van der Waals surface area contributed by atoms with Crippen LogP contribution in [-0.2, 0) is 27.1 Å².